The topological polar surface area (TPSA) is 240 Å². The van der Waals surface area contributed by atoms with Gasteiger partial charge in [-0.25, -0.2) is 9.13 Å². The van der Waals surface area contributed by atoms with Crippen LogP contribution in [0.4, 0.5) is 0 Å². The minimum absolute atomic E-state index is 0.0993. The van der Waals surface area contributed by atoms with Crippen molar-refractivity contribution in [2.75, 3.05) is 39.6 Å². The number of hydrogen-bond acceptors (Lipinski definition) is 15. The molecule has 19 heteroatoms. The number of unbranched alkanes of at least 4 members (excludes halogenated alkanes) is 13. The number of phosphoric ester groups is 2. The first-order valence-corrected chi connectivity index (χ1v) is 22.9. The van der Waals surface area contributed by atoms with E-state index in [4.69, 9.17) is 37.0 Å². The average Bonchev–Trinajstić information content (AvgIpc) is 3.13. The van der Waals surface area contributed by atoms with Gasteiger partial charge < -0.3 is 38.9 Å². The van der Waals surface area contributed by atoms with Crippen LogP contribution in [0.1, 0.15) is 150 Å². The van der Waals surface area contributed by atoms with Crippen molar-refractivity contribution >= 4 is 33.6 Å². The molecule has 6 atom stereocenters. The van der Waals surface area contributed by atoms with Gasteiger partial charge in [-0.15, -0.1) is 0 Å². The summed E-state index contributed by atoms with van der Waals surface area (Å²) in [5, 5.41) is 20.6. The summed E-state index contributed by atoms with van der Waals surface area (Å²) in [6.07, 6.45) is 10.5. The van der Waals surface area contributed by atoms with Gasteiger partial charge >= 0.3 is 33.6 Å². The van der Waals surface area contributed by atoms with Crippen LogP contribution >= 0.6 is 15.6 Å². The molecule has 0 spiro atoms. The molecule has 0 heterocycles. The van der Waals surface area contributed by atoms with Gasteiger partial charge in [0.05, 0.1) is 26.4 Å². The molecular weight excluding hydrogens is 766 g/mol. The van der Waals surface area contributed by atoms with Crippen molar-refractivity contribution < 1.29 is 80.6 Å². The van der Waals surface area contributed by atoms with Crippen molar-refractivity contribution in [2.24, 2.45) is 0 Å². The molecule has 17 nitrogen and oxygen atoms in total. The highest BCUT2D eigenvalue weighted by Gasteiger charge is 2.30. The molecule has 0 aliphatic carbocycles. The second-order valence-corrected chi connectivity index (χ2v) is 16.4. The molecule has 0 aromatic carbocycles. The van der Waals surface area contributed by atoms with E-state index in [0.717, 1.165) is 84.0 Å². The van der Waals surface area contributed by atoms with Crippen LogP contribution in [-0.4, -0.2) is 102 Å². The lowest BCUT2D eigenvalue weighted by atomic mass is 10.1. The average molecular weight is 837 g/mol. The Bertz CT molecular complexity index is 1090. The monoisotopic (exact) mass is 836 g/mol. The van der Waals surface area contributed by atoms with E-state index in [-0.39, 0.29) is 19.4 Å². The van der Waals surface area contributed by atoms with Crippen molar-refractivity contribution in [3.63, 3.8) is 0 Å². The maximum Gasteiger partial charge on any atom is 0.472 e. The maximum atomic E-state index is 12.6. The molecule has 0 rings (SSSR count). The molecule has 0 bridgehead atoms. The lowest BCUT2D eigenvalue weighted by molar-refractivity contribution is -0.174. The zero-order chi connectivity index (χ0) is 41.4. The van der Waals surface area contributed by atoms with Crippen molar-refractivity contribution in [1.29, 1.82) is 0 Å². The van der Waals surface area contributed by atoms with E-state index in [1.165, 1.54) is 6.42 Å². The number of carbonyl (C=O) groups is 3. The third-order valence-electron chi connectivity index (χ3n) is 8.03. The summed E-state index contributed by atoms with van der Waals surface area (Å²) in [6, 6.07) is 0. The van der Waals surface area contributed by atoms with Crippen LogP contribution in [0.25, 0.3) is 0 Å². The molecule has 326 valence electrons. The summed E-state index contributed by atoms with van der Waals surface area (Å²) < 4.78 is 65.3. The predicted octanol–water partition coefficient (Wildman–Crippen LogP) is 6.81. The Morgan fingerprint density at radius 1 is 0.527 bits per heavy atom. The molecule has 0 fully saturated rings. The minimum Gasteiger partial charge on any atom is -0.463 e. The van der Waals surface area contributed by atoms with Gasteiger partial charge in [0, 0.05) is 19.8 Å². The van der Waals surface area contributed by atoms with Crippen LogP contribution in [0, 0.1) is 0 Å². The van der Waals surface area contributed by atoms with Crippen LogP contribution in [0.2, 0.25) is 0 Å². The first-order valence-electron chi connectivity index (χ1n) is 19.9. The molecule has 0 amide bonds. The van der Waals surface area contributed by atoms with E-state index >= 15 is 0 Å². The van der Waals surface area contributed by atoms with Gasteiger partial charge in [0.15, 0.2) is 12.4 Å². The molecular formula is C36H70O17P2. The van der Waals surface area contributed by atoms with Gasteiger partial charge in [-0.1, -0.05) is 104 Å². The molecule has 0 aliphatic rings. The second-order valence-electron chi connectivity index (χ2n) is 13.5. The van der Waals surface area contributed by atoms with Crippen LogP contribution in [0.5, 0.6) is 0 Å². The Kier molecular flexibility index (Phi) is 32.6. The zero-order valence-corrected chi connectivity index (χ0v) is 35.3. The third-order valence-corrected chi connectivity index (χ3v) is 9.93. The smallest absolute Gasteiger partial charge is 0.463 e. The van der Waals surface area contributed by atoms with Crippen LogP contribution < -0.4 is 0 Å². The number of ether oxygens (including phenoxy) is 4. The molecule has 0 aliphatic heterocycles. The molecule has 4 N–H and O–H groups in total. The highest BCUT2D eigenvalue weighted by Crippen LogP contribution is 2.45. The summed E-state index contributed by atoms with van der Waals surface area (Å²) in [7, 11) is -9.72. The standard InChI is InChI=1S/C36H70O17P2/c1-5-8-11-13-15-17-20-23-36(41)53-33(27-47-34(39)21-18-10-7-3)29-51-55(44,45)49-25-31(38)24-48-54(42,43)50-28-32(26-46-30(4)37)52-35(40)22-19-16-14-12-9-6-2/h31-33,36,38,41H,5-29H2,1-4H3,(H,42,43)(H,44,45)/t31-,32-,33-,36?/m1/s1. The second kappa shape index (κ2) is 33.5. The fourth-order valence-corrected chi connectivity index (χ4v) is 6.51. The van der Waals surface area contributed by atoms with E-state index in [1.54, 1.807) is 0 Å². The van der Waals surface area contributed by atoms with Gasteiger partial charge in [-0.3, -0.25) is 32.5 Å². The molecule has 0 saturated heterocycles. The number of aliphatic hydroxyl groups is 2. The number of phosphoric acid groups is 2. The Hall–Kier alpha value is -1.49. The quantitative estimate of drug-likeness (QED) is 0.0164. The van der Waals surface area contributed by atoms with E-state index in [0.29, 0.717) is 25.7 Å². The van der Waals surface area contributed by atoms with Crippen molar-refractivity contribution in [1.82, 2.24) is 0 Å². The lowest BCUT2D eigenvalue weighted by Crippen LogP contribution is -2.31. The number of carbonyl (C=O) groups excluding carboxylic acids is 3. The summed E-state index contributed by atoms with van der Waals surface area (Å²) in [4.78, 5) is 56.0. The van der Waals surface area contributed by atoms with Crippen LogP contribution in [0.3, 0.4) is 0 Å². The lowest BCUT2D eigenvalue weighted by Gasteiger charge is -2.23. The number of hydrogen-bond donors (Lipinski definition) is 4. The van der Waals surface area contributed by atoms with Gasteiger partial charge in [-0.05, 0) is 25.7 Å². The van der Waals surface area contributed by atoms with E-state index in [1.807, 2.05) is 6.92 Å². The van der Waals surface area contributed by atoms with E-state index in [2.05, 4.69) is 13.8 Å². The Morgan fingerprint density at radius 3 is 1.49 bits per heavy atom. The van der Waals surface area contributed by atoms with E-state index in [9.17, 15) is 43.5 Å². The van der Waals surface area contributed by atoms with Crippen molar-refractivity contribution in [3.05, 3.63) is 0 Å². The number of esters is 3. The highest BCUT2D eigenvalue weighted by atomic mass is 31.2. The summed E-state index contributed by atoms with van der Waals surface area (Å²) in [6.45, 7) is 3.51. The van der Waals surface area contributed by atoms with Crippen LogP contribution in [0.15, 0.2) is 0 Å². The Morgan fingerprint density at radius 2 is 0.945 bits per heavy atom. The molecule has 0 radical (unpaired) electrons. The summed E-state index contributed by atoms with van der Waals surface area (Å²) >= 11 is 0. The van der Waals surface area contributed by atoms with E-state index < -0.39 is 91.2 Å². The van der Waals surface area contributed by atoms with Crippen molar-refractivity contribution in [2.45, 2.75) is 174 Å². The largest absolute Gasteiger partial charge is 0.472 e. The normalized spacial score (nSPS) is 16.0. The zero-order valence-electron chi connectivity index (χ0n) is 33.5. The predicted molar refractivity (Wildman–Crippen MR) is 203 cm³/mol. The minimum atomic E-state index is -4.87. The fraction of sp³-hybridized carbons (Fsp3) is 0.917. The fourth-order valence-electron chi connectivity index (χ4n) is 4.93. The van der Waals surface area contributed by atoms with Crippen LogP contribution in [-0.2, 0) is 60.6 Å². The Labute approximate surface area is 327 Å². The number of rotatable bonds is 38. The molecule has 0 aromatic heterocycles. The maximum absolute atomic E-state index is 12.6. The summed E-state index contributed by atoms with van der Waals surface area (Å²) in [5.74, 6) is -1.77. The summed E-state index contributed by atoms with van der Waals surface area (Å²) in [5.41, 5.74) is 0. The van der Waals surface area contributed by atoms with Crippen molar-refractivity contribution in [3.8, 4) is 0 Å². The first kappa shape index (κ1) is 53.5. The van der Waals surface area contributed by atoms with Gasteiger partial charge in [-0.2, -0.15) is 0 Å². The van der Waals surface area contributed by atoms with Gasteiger partial charge in [0.2, 0.25) is 0 Å². The number of aliphatic hydroxyl groups excluding tert-OH is 2. The molecule has 0 aromatic rings. The highest BCUT2D eigenvalue weighted by molar-refractivity contribution is 7.47. The molecule has 3 unspecified atom stereocenters. The Balaban J connectivity index is 4.91. The third kappa shape index (κ3) is 34.3. The van der Waals surface area contributed by atoms with Gasteiger partial charge in [0.1, 0.15) is 25.4 Å². The molecule has 0 saturated carbocycles. The molecule has 55 heavy (non-hydrogen) atoms. The van der Waals surface area contributed by atoms with Gasteiger partial charge in [0.25, 0.3) is 0 Å². The first-order chi connectivity index (χ1) is 26.1. The SMILES string of the molecule is CCCCCCCCCC(O)O[C@H](COC(=O)CCCCC)COP(=O)(O)OC[C@H](O)COP(=O)(O)OC[C@@H](COC(C)=O)OC(=O)CCCCCCCC.